The molecule has 3 aromatic rings. The molecule has 0 aliphatic carbocycles. The molecule has 0 radical (unpaired) electrons. The molecule has 86 valence electrons. The predicted octanol–water partition coefficient (Wildman–Crippen LogP) is 2.39. The van der Waals surface area contributed by atoms with Crippen LogP contribution in [0.4, 0.5) is 4.39 Å². The van der Waals surface area contributed by atoms with Crippen LogP contribution in [-0.2, 0) is 6.54 Å². The summed E-state index contributed by atoms with van der Waals surface area (Å²) in [4.78, 5) is 4.50. The lowest BCUT2D eigenvalue weighted by atomic mass is 10.1. The van der Waals surface area contributed by atoms with Crippen LogP contribution in [0.2, 0.25) is 0 Å². The number of nitrogens with two attached hydrogens (primary N) is 1. The van der Waals surface area contributed by atoms with Gasteiger partial charge in [-0.25, -0.2) is 9.37 Å². The largest absolute Gasteiger partial charge is 0.325 e. The molecule has 0 spiro atoms. The Labute approximate surface area is 97.7 Å². The number of halogens is 1. The molecule has 17 heavy (non-hydrogen) atoms. The lowest BCUT2D eigenvalue weighted by molar-refractivity contribution is 0.630. The quantitative estimate of drug-likeness (QED) is 0.696. The van der Waals surface area contributed by atoms with E-state index < -0.39 is 0 Å². The highest BCUT2D eigenvalue weighted by Crippen LogP contribution is 2.22. The van der Waals surface area contributed by atoms with E-state index in [-0.39, 0.29) is 5.82 Å². The van der Waals surface area contributed by atoms with Crippen LogP contribution in [-0.4, -0.2) is 9.38 Å². The van der Waals surface area contributed by atoms with Gasteiger partial charge in [0.2, 0.25) is 0 Å². The average molecular weight is 229 g/mol. The van der Waals surface area contributed by atoms with Crippen molar-refractivity contribution in [3.05, 3.63) is 47.7 Å². The Morgan fingerprint density at radius 2 is 2.18 bits per heavy atom. The molecule has 0 fully saturated rings. The molecule has 1 aromatic carbocycles. The van der Waals surface area contributed by atoms with Crippen molar-refractivity contribution < 1.29 is 4.39 Å². The van der Waals surface area contributed by atoms with Crippen molar-refractivity contribution in [3.63, 3.8) is 0 Å². The molecule has 3 nitrogen and oxygen atoms in total. The van der Waals surface area contributed by atoms with Crippen LogP contribution in [0.5, 0.6) is 0 Å². The van der Waals surface area contributed by atoms with Crippen LogP contribution < -0.4 is 5.73 Å². The minimum atomic E-state index is -0.232. The van der Waals surface area contributed by atoms with E-state index in [0.717, 1.165) is 27.8 Å². The molecule has 0 aliphatic heterocycles. The Morgan fingerprint density at radius 1 is 1.35 bits per heavy atom. The van der Waals surface area contributed by atoms with Crippen molar-refractivity contribution >= 4 is 16.4 Å². The van der Waals surface area contributed by atoms with Gasteiger partial charge in [-0.05, 0) is 36.6 Å². The van der Waals surface area contributed by atoms with Gasteiger partial charge in [-0.3, -0.25) is 0 Å². The smallest absolute Gasteiger partial charge is 0.145 e. The fourth-order valence-corrected chi connectivity index (χ4v) is 2.21. The van der Waals surface area contributed by atoms with Crippen LogP contribution in [0.15, 0.2) is 30.5 Å². The van der Waals surface area contributed by atoms with Crippen molar-refractivity contribution in [2.24, 2.45) is 5.73 Å². The van der Waals surface area contributed by atoms with E-state index in [1.165, 1.54) is 12.1 Å². The molecule has 0 saturated carbocycles. The first-order valence-corrected chi connectivity index (χ1v) is 5.46. The first kappa shape index (κ1) is 10.2. The molecule has 2 N–H and O–H groups in total. The van der Waals surface area contributed by atoms with E-state index in [0.29, 0.717) is 6.54 Å². The van der Waals surface area contributed by atoms with Gasteiger partial charge in [-0.15, -0.1) is 0 Å². The second-order valence-electron chi connectivity index (χ2n) is 4.09. The minimum absolute atomic E-state index is 0.232. The highest BCUT2D eigenvalue weighted by atomic mass is 19.1. The molecular formula is C13H12FN3. The number of nitrogens with zero attached hydrogens (tertiary/aromatic N) is 2. The van der Waals surface area contributed by atoms with Gasteiger partial charge < -0.3 is 10.1 Å². The SMILES string of the molecule is Cc1nc2c3ccc(F)cc3ccn2c1CN. The maximum atomic E-state index is 13.1. The Balaban J connectivity index is 2.48. The number of hydrogen-bond donors (Lipinski definition) is 1. The normalized spacial score (nSPS) is 11.5. The lowest BCUT2D eigenvalue weighted by Gasteiger charge is -2.02. The predicted molar refractivity (Wildman–Crippen MR) is 65.3 cm³/mol. The van der Waals surface area contributed by atoms with E-state index in [1.54, 1.807) is 6.07 Å². The highest BCUT2D eigenvalue weighted by Gasteiger charge is 2.09. The second kappa shape index (κ2) is 3.53. The maximum absolute atomic E-state index is 13.1. The number of benzene rings is 1. The fraction of sp³-hybridized carbons (Fsp3) is 0.154. The Bertz CT molecular complexity index is 715. The minimum Gasteiger partial charge on any atom is -0.325 e. The third-order valence-corrected chi connectivity index (χ3v) is 3.06. The summed E-state index contributed by atoms with van der Waals surface area (Å²) in [5.41, 5.74) is 8.45. The summed E-state index contributed by atoms with van der Waals surface area (Å²) in [6.45, 7) is 2.38. The third-order valence-electron chi connectivity index (χ3n) is 3.06. The molecule has 3 rings (SSSR count). The van der Waals surface area contributed by atoms with Crippen molar-refractivity contribution in [1.82, 2.24) is 9.38 Å². The van der Waals surface area contributed by atoms with E-state index in [4.69, 9.17) is 5.73 Å². The Hall–Kier alpha value is -1.94. The summed E-state index contributed by atoms with van der Waals surface area (Å²) in [5, 5.41) is 1.79. The van der Waals surface area contributed by atoms with Gasteiger partial charge in [-0.1, -0.05) is 0 Å². The third kappa shape index (κ3) is 1.41. The molecule has 0 saturated heterocycles. The summed E-state index contributed by atoms with van der Waals surface area (Å²) in [6.07, 6.45) is 1.89. The average Bonchev–Trinajstić information content (AvgIpc) is 2.64. The van der Waals surface area contributed by atoms with Crippen molar-refractivity contribution in [3.8, 4) is 0 Å². The lowest BCUT2D eigenvalue weighted by Crippen LogP contribution is -2.02. The van der Waals surface area contributed by atoms with Crippen molar-refractivity contribution in [2.45, 2.75) is 13.5 Å². The van der Waals surface area contributed by atoms with Gasteiger partial charge >= 0.3 is 0 Å². The first-order valence-electron chi connectivity index (χ1n) is 5.46. The summed E-state index contributed by atoms with van der Waals surface area (Å²) < 4.78 is 15.1. The van der Waals surface area contributed by atoms with Gasteiger partial charge in [0, 0.05) is 18.1 Å². The van der Waals surface area contributed by atoms with Crippen LogP contribution in [0, 0.1) is 12.7 Å². The number of rotatable bonds is 1. The van der Waals surface area contributed by atoms with Crippen LogP contribution in [0.3, 0.4) is 0 Å². The monoisotopic (exact) mass is 229 g/mol. The molecular weight excluding hydrogens is 217 g/mol. The highest BCUT2D eigenvalue weighted by molar-refractivity contribution is 5.94. The standard InChI is InChI=1S/C13H12FN3/c1-8-12(7-15)17-5-4-9-6-10(14)2-3-11(9)13(17)16-8/h2-6H,7,15H2,1H3. The number of hydrogen-bond acceptors (Lipinski definition) is 2. The molecule has 0 unspecified atom stereocenters. The van der Waals surface area contributed by atoms with E-state index in [2.05, 4.69) is 4.98 Å². The van der Waals surface area contributed by atoms with Gasteiger partial charge in [-0.2, -0.15) is 0 Å². The molecule has 0 aliphatic rings. The fourth-order valence-electron chi connectivity index (χ4n) is 2.21. The number of pyridine rings is 1. The first-order chi connectivity index (χ1) is 8.20. The van der Waals surface area contributed by atoms with E-state index in [9.17, 15) is 4.39 Å². The molecule has 0 amide bonds. The Morgan fingerprint density at radius 3 is 2.94 bits per heavy atom. The number of aromatic nitrogens is 2. The zero-order valence-corrected chi connectivity index (χ0v) is 9.44. The van der Waals surface area contributed by atoms with Gasteiger partial charge in [0.25, 0.3) is 0 Å². The van der Waals surface area contributed by atoms with Gasteiger partial charge in [0.1, 0.15) is 11.5 Å². The molecule has 2 heterocycles. The second-order valence-corrected chi connectivity index (χ2v) is 4.09. The van der Waals surface area contributed by atoms with Crippen molar-refractivity contribution in [1.29, 1.82) is 0 Å². The molecule has 0 bridgehead atoms. The van der Waals surface area contributed by atoms with E-state index >= 15 is 0 Å². The summed E-state index contributed by atoms with van der Waals surface area (Å²) in [7, 11) is 0. The Kier molecular flexibility index (Phi) is 2.12. The van der Waals surface area contributed by atoms with Crippen molar-refractivity contribution in [2.75, 3.05) is 0 Å². The summed E-state index contributed by atoms with van der Waals surface area (Å²) in [5.74, 6) is -0.232. The van der Waals surface area contributed by atoms with Gasteiger partial charge in [0.15, 0.2) is 0 Å². The molecule has 2 aromatic heterocycles. The summed E-state index contributed by atoms with van der Waals surface area (Å²) >= 11 is 0. The van der Waals surface area contributed by atoms with Crippen LogP contribution in [0.1, 0.15) is 11.4 Å². The zero-order valence-electron chi connectivity index (χ0n) is 9.44. The maximum Gasteiger partial charge on any atom is 0.145 e. The summed E-state index contributed by atoms with van der Waals surface area (Å²) in [6, 6.07) is 6.61. The van der Waals surface area contributed by atoms with E-state index in [1.807, 2.05) is 23.6 Å². The molecule has 0 atom stereocenters. The number of imidazole rings is 1. The topological polar surface area (TPSA) is 43.3 Å². The van der Waals surface area contributed by atoms with Gasteiger partial charge in [0.05, 0.1) is 11.4 Å². The van der Waals surface area contributed by atoms with Crippen LogP contribution >= 0.6 is 0 Å². The number of aryl methyl sites for hydroxylation is 1. The zero-order chi connectivity index (χ0) is 12.0. The van der Waals surface area contributed by atoms with Crippen LogP contribution in [0.25, 0.3) is 16.4 Å². The number of fused-ring (bicyclic) bond motifs is 3. The molecule has 4 heteroatoms.